The van der Waals surface area contributed by atoms with Crippen LogP contribution in [-0.2, 0) is 4.74 Å². The Balaban J connectivity index is 1.22. The summed E-state index contributed by atoms with van der Waals surface area (Å²) < 4.78 is 10.7. The van der Waals surface area contributed by atoms with E-state index >= 15 is 0 Å². The van der Waals surface area contributed by atoms with Gasteiger partial charge in [0.25, 0.3) is 11.8 Å². The van der Waals surface area contributed by atoms with Crippen LogP contribution in [0.1, 0.15) is 78.8 Å². The molecule has 13 nitrogen and oxygen atoms in total. The molecule has 2 aliphatic heterocycles. The van der Waals surface area contributed by atoms with Crippen LogP contribution in [0.2, 0.25) is 0 Å². The van der Waals surface area contributed by atoms with E-state index in [1.54, 1.807) is 36.3 Å². The zero-order valence-corrected chi connectivity index (χ0v) is 26.8. The monoisotopic (exact) mass is 630 g/mol. The van der Waals surface area contributed by atoms with E-state index in [0.717, 1.165) is 25.7 Å². The quantitative estimate of drug-likeness (QED) is 0.328. The second kappa shape index (κ2) is 14.0. The van der Waals surface area contributed by atoms with Crippen molar-refractivity contribution in [2.45, 2.75) is 64.0 Å². The summed E-state index contributed by atoms with van der Waals surface area (Å²) in [6.07, 6.45) is 3.04. The van der Waals surface area contributed by atoms with Crippen LogP contribution in [0.3, 0.4) is 0 Å². The van der Waals surface area contributed by atoms with Crippen LogP contribution in [0.5, 0.6) is 5.75 Å². The fourth-order valence-electron chi connectivity index (χ4n) is 5.69. The van der Waals surface area contributed by atoms with Crippen molar-refractivity contribution in [3.63, 3.8) is 0 Å². The number of ether oxygens (including phenoxy) is 2. The number of nitrogens with one attached hydrogen (secondary N) is 2. The third-order valence-corrected chi connectivity index (χ3v) is 8.09. The van der Waals surface area contributed by atoms with Crippen LogP contribution in [0.15, 0.2) is 48.5 Å². The highest BCUT2D eigenvalue weighted by molar-refractivity contribution is 5.96. The van der Waals surface area contributed by atoms with Gasteiger partial charge < -0.3 is 35.6 Å². The molecule has 4 N–H and O–H groups in total. The number of amides is 3. The minimum atomic E-state index is -0.745. The van der Waals surface area contributed by atoms with E-state index in [0.29, 0.717) is 55.0 Å². The molecule has 2 fully saturated rings. The van der Waals surface area contributed by atoms with Gasteiger partial charge in [0.05, 0.1) is 7.11 Å². The molecule has 13 heteroatoms. The van der Waals surface area contributed by atoms with Crippen LogP contribution in [0.25, 0.3) is 0 Å². The van der Waals surface area contributed by atoms with Gasteiger partial charge in [0.2, 0.25) is 5.95 Å². The van der Waals surface area contributed by atoms with Crippen LogP contribution in [0, 0.1) is 0 Å². The van der Waals surface area contributed by atoms with Gasteiger partial charge in [-0.15, -0.1) is 10.2 Å². The number of hydrogen-bond acceptors (Lipinski definition) is 10. The van der Waals surface area contributed by atoms with Crippen molar-refractivity contribution in [1.29, 1.82) is 0 Å². The Labute approximate surface area is 268 Å². The first kappa shape index (κ1) is 32.5. The summed E-state index contributed by atoms with van der Waals surface area (Å²) in [6, 6.07) is 14.8. The Hall–Kier alpha value is -4.94. The Bertz CT molecular complexity index is 1530. The van der Waals surface area contributed by atoms with Gasteiger partial charge in [-0.3, -0.25) is 9.59 Å². The molecule has 0 radical (unpaired) electrons. The first-order valence-corrected chi connectivity index (χ1v) is 15.6. The second-order valence-electron chi connectivity index (χ2n) is 12.6. The van der Waals surface area contributed by atoms with Gasteiger partial charge in [0.1, 0.15) is 11.4 Å². The van der Waals surface area contributed by atoms with E-state index in [2.05, 4.69) is 25.8 Å². The van der Waals surface area contributed by atoms with E-state index in [-0.39, 0.29) is 29.6 Å². The van der Waals surface area contributed by atoms with E-state index in [4.69, 9.17) is 15.2 Å². The minimum Gasteiger partial charge on any atom is -0.497 e. The molecular formula is C33H42N8O5. The number of aromatic nitrogens is 3. The SMILES string of the molecule is COc1ccc(C(=O)N[C@@H]2CCCN(c3nnc(C(N)=O)c(Nc4ccc(C5CCN(C(=O)OC(C)(C)C)CC5)cc4)n3)C2)cc1. The molecule has 3 heterocycles. The summed E-state index contributed by atoms with van der Waals surface area (Å²) in [4.78, 5) is 45.8. The van der Waals surface area contributed by atoms with Gasteiger partial charge in [-0.25, -0.2) is 4.79 Å². The van der Waals surface area contributed by atoms with E-state index in [9.17, 15) is 14.4 Å². The summed E-state index contributed by atoms with van der Waals surface area (Å²) in [7, 11) is 1.58. The number of anilines is 3. The van der Waals surface area contributed by atoms with Gasteiger partial charge in [0.15, 0.2) is 11.5 Å². The van der Waals surface area contributed by atoms with E-state index < -0.39 is 11.5 Å². The number of rotatable bonds is 8. The number of likely N-dealkylation sites (tertiary alicyclic amines) is 1. The molecule has 0 saturated carbocycles. The van der Waals surface area contributed by atoms with Crippen LogP contribution in [0.4, 0.5) is 22.2 Å². The van der Waals surface area contributed by atoms with Crippen LogP contribution >= 0.6 is 0 Å². The number of carbonyl (C=O) groups excluding carboxylic acids is 3. The molecule has 1 atom stereocenters. The van der Waals surface area contributed by atoms with Crippen molar-refractivity contribution in [3.8, 4) is 5.75 Å². The predicted octanol–water partition coefficient (Wildman–Crippen LogP) is 4.24. The molecule has 0 bridgehead atoms. The normalized spacial score (nSPS) is 17.3. The number of nitrogens with two attached hydrogens (primary N) is 1. The zero-order valence-electron chi connectivity index (χ0n) is 26.8. The van der Waals surface area contributed by atoms with E-state index in [1.807, 2.05) is 49.9 Å². The lowest BCUT2D eigenvalue weighted by atomic mass is 9.89. The smallest absolute Gasteiger partial charge is 0.410 e. The lowest BCUT2D eigenvalue weighted by Crippen LogP contribution is -2.48. The Morgan fingerprint density at radius 2 is 1.63 bits per heavy atom. The summed E-state index contributed by atoms with van der Waals surface area (Å²) in [5.74, 6) is 0.632. The second-order valence-corrected chi connectivity index (χ2v) is 12.6. The topological polar surface area (TPSA) is 165 Å². The first-order valence-electron chi connectivity index (χ1n) is 15.6. The van der Waals surface area contributed by atoms with Gasteiger partial charge in [0, 0.05) is 43.5 Å². The minimum absolute atomic E-state index is 0.0660. The molecule has 5 rings (SSSR count). The maximum atomic E-state index is 12.8. The molecule has 3 aromatic rings. The maximum Gasteiger partial charge on any atom is 0.410 e. The first-order chi connectivity index (χ1) is 22.0. The highest BCUT2D eigenvalue weighted by atomic mass is 16.6. The number of hydrogen-bond donors (Lipinski definition) is 3. The molecule has 0 unspecified atom stereocenters. The third-order valence-electron chi connectivity index (χ3n) is 8.09. The molecule has 3 amide bonds. The summed E-state index contributed by atoms with van der Waals surface area (Å²) in [5, 5.41) is 14.6. The predicted molar refractivity (Wildman–Crippen MR) is 174 cm³/mol. The molecular weight excluding hydrogens is 588 g/mol. The molecule has 0 spiro atoms. The Kier molecular flexibility index (Phi) is 9.88. The standard InChI is InChI=1S/C33H42N8O5/c1-33(2,3)46-32(44)40-18-15-22(16-19-40)21-7-11-24(12-8-21)35-29-27(28(34)42)38-39-31(37-29)41-17-5-6-25(20-41)36-30(43)23-9-13-26(45-4)14-10-23/h7-14,22,25H,5-6,15-20H2,1-4H3,(H2,34,42)(H,36,43)(H,35,37,39)/t25-/m1/s1. The molecule has 1 aromatic heterocycles. The van der Waals surface area contributed by atoms with Gasteiger partial charge >= 0.3 is 6.09 Å². The van der Waals surface area contributed by atoms with Crippen molar-refractivity contribution in [1.82, 2.24) is 25.4 Å². The molecule has 0 aliphatic carbocycles. The average molecular weight is 631 g/mol. The van der Waals surface area contributed by atoms with Crippen molar-refractivity contribution in [2.75, 3.05) is 43.5 Å². The number of benzene rings is 2. The van der Waals surface area contributed by atoms with Crippen molar-refractivity contribution in [2.24, 2.45) is 5.73 Å². The average Bonchev–Trinajstić information content (AvgIpc) is 3.04. The summed E-state index contributed by atoms with van der Waals surface area (Å²) in [5.41, 5.74) is 7.46. The van der Waals surface area contributed by atoms with E-state index in [1.165, 1.54) is 5.56 Å². The molecule has 244 valence electrons. The van der Waals surface area contributed by atoms with Crippen LogP contribution < -0.4 is 26.0 Å². The highest BCUT2D eigenvalue weighted by Crippen LogP contribution is 2.30. The van der Waals surface area contributed by atoms with Crippen molar-refractivity contribution >= 4 is 35.4 Å². The highest BCUT2D eigenvalue weighted by Gasteiger charge is 2.28. The summed E-state index contributed by atoms with van der Waals surface area (Å²) in [6.45, 7) is 8.04. The van der Waals surface area contributed by atoms with Gasteiger partial charge in [-0.05, 0) is 94.3 Å². The largest absolute Gasteiger partial charge is 0.497 e. The number of piperidine rings is 2. The third kappa shape index (κ3) is 8.20. The number of primary amides is 1. The Morgan fingerprint density at radius 1 is 0.935 bits per heavy atom. The number of nitrogens with zero attached hydrogens (tertiary/aromatic N) is 5. The molecule has 46 heavy (non-hydrogen) atoms. The Morgan fingerprint density at radius 3 is 2.26 bits per heavy atom. The van der Waals surface area contributed by atoms with Crippen LogP contribution in [-0.4, -0.2) is 82.9 Å². The zero-order chi connectivity index (χ0) is 32.8. The molecule has 2 aromatic carbocycles. The van der Waals surface area contributed by atoms with Gasteiger partial charge in [-0.2, -0.15) is 4.98 Å². The number of carbonyl (C=O) groups is 3. The molecule has 2 saturated heterocycles. The lowest BCUT2D eigenvalue weighted by Gasteiger charge is -2.33. The van der Waals surface area contributed by atoms with Crippen molar-refractivity contribution in [3.05, 3.63) is 65.4 Å². The van der Waals surface area contributed by atoms with Gasteiger partial charge in [-0.1, -0.05) is 12.1 Å². The summed E-state index contributed by atoms with van der Waals surface area (Å²) >= 11 is 0. The van der Waals surface area contributed by atoms with Crippen molar-refractivity contribution < 1.29 is 23.9 Å². The lowest BCUT2D eigenvalue weighted by molar-refractivity contribution is 0.0204. The molecule has 2 aliphatic rings. The fraction of sp³-hybridized carbons (Fsp3) is 0.455. The maximum absolute atomic E-state index is 12.8. The fourth-order valence-corrected chi connectivity index (χ4v) is 5.69. The number of methoxy groups -OCH3 is 1.